The topological polar surface area (TPSA) is 43.1 Å². The van der Waals surface area contributed by atoms with Crippen LogP contribution in [0.15, 0.2) is 34.5 Å². The summed E-state index contributed by atoms with van der Waals surface area (Å²) < 4.78 is 39.3. The second kappa shape index (κ2) is 5.18. The molecule has 1 aliphatic heterocycles. The number of thioether (sulfide) groups is 1. The van der Waals surface area contributed by atoms with Crippen molar-refractivity contribution in [1.29, 1.82) is 0 Å². The van der Waals surface area contributed by atoms with Gasteiger partial charge in [-0.05, 0) is 17.5 Å². The SMILES string of the molecule is CCc1ccc(C2=Nn3c(nnc3C(F)(F)F)SC2)cc1. The molecule has 0 fully saturated rings. The molecule has 0 saturated carbocycles. The minimum Gasteiger partial charge on any atom is -0.182 e. The monoisotopic (exact) mass is 312 g/mol. The number of nitrogens with zero attached hydrogens (tertiary/aromatic N) is 4. The Hall–Kier alpha value is -1.83. The van der Waals surface area contributed by atoms with Crippen molar-refractivity contribution >= 4 is 17.5 Å². The fourth-order valence-corrected chi connectivity index (χ4v) is 2.82. The Labute approximate surface area is 123 Å². The predicted octanol–water partition coefficient (Wildman–Crippen LogP) is 3.22. The van der Waals surface area contributed by atoms with E-state index in [0.717, 1.165) is 16.7 Å². The molecule has 0 radical (unpaired) electrons. The van der Waals surface area contributed by atoms with Gasteiger partial charge in [0.25, 0.3) is 5.82 Å². The third-order valence-electron chi connectivity index (χ3n) is 3.12. The number of hydrogen-bond donors (Lipinski definition) is 0. The lowest BCUT2D eigenvalue weighted by Gasteiger charge is -2.14. The number of fused-ring (bicyclic) bond motifs is 1. The second-order valence-corrected chi connectivity index (χ2v) is 5.44. The van der Waals surface area contributed by atoms with E-state index in [9.17, 15) is 13.2 Å². The Bertz CT molecular complexity index is 688. The molecule has 0 spiro atoms. The second-order valence-electron chi connectivity index (χ2n) is 4.50. The van der Waals surface area contributed by atoms with E-state index in [4.69, 9.17) is 0 Å². The first-order valence-electron chi connectivity index (χ1n) is 6.31. The summed E-state index contributed by atoms with van der Waals surface area (Å²) in [5, 5.41) is 10.9. The van der Waals surface area contributed by atoms with Crippen LogP contribution in [0.4, 0.5) is 13.2 Å². The van der Waals surface area contributed by atoms with Crippen LogP contribution < -0.4 is 0 Å². The van der Waals surface area contributed by atoms with Crippen molar-refractivity contribution in [3.05, 3.63) is 41.2 Å². The van der Waals surface area contributed by atoms with Gasteiger partial charge in [-0.1, -0.05) is 43.0 Å². The molecule has 4 nitrogen and oxygen atoms in total. The van der Waals surface area contributed by atoms with E-state index >= 15 is 0 Å². The zero-order chi connectivity index (χ0) is 15.0. The molecule has 1 aromatic heterocycles. The summed E-state index contributed by atoms with van der Waals surface area (Å²) in [5.41, 5.74) is 2.57. The highest BCUT2D eigenvalue weighted by atomic mass is 32.2. The zero-order valence-corrected chi connectivity index (χ0v) is 11.9. The lowest BCUT2D eigenvalue weighted by molar-refractivity contribution is -0.147. The van der Waals surface area contributed by atoms with Gasteiger partial charge < -0.3 is 0 Å². The summed E-state index contributed by atoms with van der Waals surface area (Å²) in [6.07, 6.45) is -3.65. The molecular formula is C13H11F3N4S. The van der Waals surface area contributed by atoms with E-state index in [-0.39, 0.29) is 5.16 Å². The van der Waals surface area contributed by atoms with Gasteiger partial charge in [0.1, 0.15) is 0 Å². The molecule has 0 amide bonds. The highest BCUT2D eigenvalue weighted by Gasteiger charge is 2.39. The van der Waals surface area contributed by atoms with Crippen molar-refractivity contribution in [2.75, 3.05) is 5.75 Å². The fraction of sp³-hybridized carbons (Fsp3) is 0.308. The maximum atomic E-state index is 12.8. The molecule has 1 aromatic carbocycles. The van der Waals surface area contributed by atoms with Crippen LogP contribution in [0.1, 0.15) is 23.9 Å². The number of rotatable bonds is 2. The highest BCUT2D eigenvalue weighted by Crippen LogP contribution is 2.32. The lowest BCUT2D eigenvalue weighted by Crippen LogP contribution is -2.18. The minimum atomic E-state index is -4.57. The Balaban J connectivity index is 2.00. The zero-order valence-electron chi connectivity index (χ0n) is 11.1. The normalized spacial score (nSPS) is 14.8. The maximum Gasteiger partial charge on any atom is 0.453 e. The number of aryl methyl sites for hydroxylation is 1. The third kappa shape index (κ3) is 2.67. The third-order valence-corrected chi connectivity index (χ3v) is 4.05. The van der Waals surface area contributed by atoms with Crippen LogP contribution in [0.5, 0.6) is 0 Å². The van der Waals surface area contributed by atoms with Crippen LogP contribution in [0.2, 0.25) is 0 Å². The van der Waals surface area contributed by atoms with Gasteiger partial charge in [-0.3, -0.25) is 0 Å². The van der Waals surface area contributed by atoms with Crippen LogP contribution in [-0.4, -0.2) is 26.3 Å². The van der Waals surface area contributed by atoms with Gasteiger partial charge in [-0.15, -0.1) is 10.2 Å². The van der Waals surface area contributed by atoms with Crippen molar-refractivity contribution in [3.8, 4) is 0 Å². The first kappa shape index (κ1) is 14.1. The Morgan fingerprint density at radius 2 is 1.90 bits per heavy atom. The molecule has 2 heterocycles. The first-order chi connectivity index (χ1) is 9.99. The number of halogens is 3. The molecule has 0 N–H and O–H groups in total. The Kier molecular flexibility index (Phi) is 3.48. The van der Waals surface area contributed by atoms with Crippen molar-refractivity contribution in [3.63, 3.8) is 0 Å². The van der Waals surface area contributed by atoms with Crippen LogP contribution in [0.3, 0.4) is 0 Å². The molecule has 2 aromatic rings. The van der Waals surface area contributed by atoms with Crippen molar-refractivity contribution in [1.82, 2.24) is 14.9 Å². The quantitative estimate of drug-likeness (QED) is 0.855. The van der Waals surface area contributed by atoms with Gasteiger partial charge in [-0.25, -0.2) is 0 Å². The first-order valence-corrected chi connectivity index (χ1v) is 7.30. The van der Waals surface area contributed by atoms with Crippen LogP contribution >= 0.6 is 11.8 Å². The molecule has 110 valence electrons. The predicted molar refractivity (Wildman–Crippen MR) is 73.5 cm³/mol. The van der Waals surface area contributed by atoms with E-state index < -0.39 is 12.0 Å². The van der Waals surface area contributed by atoms with Crippen LogP contribution in [-0.2, 0) is 12.6 Å². The van der Waals surface area contributed by atoms with E-state index in [1.165, 1.54) is 17.3 Å². The molecular weight excluding hydrogens is 301 g/mol. The summed E-state index contributed by atoms with van der Waals surface area (Å²) >= 11 is 1.20. The molecule has 0 atom stereocenters. The Morgan fingerprint density at radius 1 is 1.19 bits per heavy atom. The van der Waals surface area contributed by atoms with E-state index in [1.807, 2.05) is 31.2 Å². The molecule has 8 heteroatoms. The molecule has 21 heavy (non-hydrogen) atoms. The average Bonchev–Trinajstić information content (AvgIpc) is 2.90. The largest absolute Gasteiger partial charge is 0.453 e. The molecule has 0 unspecified atom stereocenters. The Morgan fingerprint density at radius 3 is 2.52 bits per heavy atom. The van der Waals surface area contributed by atoms with Crippen molar-refractivity contribution in [2.24, 2.45) is 5.10 Å². The minimum absolute atomic E-state index is 0.163. The molecule has 0 saturated heterocycles. The van der Waals surface area contributed by atoms with Crippen molar-refractivity contribution in [2.45, 2.75) is 24.7 Å². The lowest BCUT2D eigenvalue weighted by atomic mass is 10.1. The van der Waals surface area contributed by atoms with Crippen molar-refractivity contribution < 1.29 is 13.2 Å². The fourth-order valence-electron chi connectivity index (χ4n) is 1.98. The molecule has 3 rings (SSSR count). The molecule has 0 bridgehead atoms. The van der Waals surface area contributed by atoms with E-state index in [0.29, 0.717) is 11.5 Å². The smallest absolute Gasteiger partial charge is 0.182 e. The standard InChI is InChI=1S/C13H11F3N4S/c1-2-8-3-5-9(6-4-8)10-7-21-12-18-17-11(13(14,15)16)20(12)19-10/h3-6H,2,7H2,1H3. The number of aromatic nitrogens is 3. The van der Waals surface area contributed by atoms with Crippen LogP contribution in [0, 0.1) is 0 Å². The summed E-state index contributed by atoms with van der Waals surface area (Å²) in [6, 6.07) is 7.66. The summed E-state index contributed by atoms with van der Waals surface area (Å²) in [7, 11) is 0. The molecule has 1 aliphatic rings. The molecule has 0 aliphatic carbocycles. The van der Waals surface area contributed by atoms with Gasteiger partial charge in [0.15, 0.2) is 0 Å². The van der Waals surface area contributed by atoms with Gasteiger partial charge in [-0.2, -0.15) is 22.9 Å². The summed E-state index contributed by atoms with van der Waals surface area (Å²) in [4.78, 5) is 0. The van der Waals surface area contributed by atoms with Gasteiger partial charge in [0.05, 0.1) is 5.71 Å². The summed E-state index contributed by atoms with van der Waals surface area (Å²) in [5.74, 6) is -0.617. The summed E-state index contributed by atoms with van der Waals surface area (Å²) in [6.45, 7) is 2.04. The van der Waals surface area contributed by atoms with E-state index in [2.05, 4.69) is 15.3 Å². The average molecular weight is 312 g/mol. The van der Waals surface area contributed by atoms with Crippen LogP contribution in [0.25, 0.3) is 0 Å². The highest BCUT2D eigenvalue weighted by molar-refractivity contribution is 7.99. The number of hydrogen-bond acceptors (Lipinski definition) is 4. The van der Waals surface area contributed by atoms with Gasteiger partial charge in [0, 0.05) is 5.75 Å². The number of alkyl halides is 3. The van der Waals surface area contributed by atoms with Gasteiger partial charge in [0.2, 0.25) is 5.16 Å². The maximum absolute atomic E-state index is 12.8. The van der Waals surface area contributed by atoms with Gasteiger partial charge >= 0.3 is 6.18 Å². The van der Waals surface area contributed by atoms with E-state index in [1.54, 1.807) is 0 Å². The number of benzene rings is 1.